The monoisotopic (exact) mass is 419 g/mol. The van der Waals surface area contributed by atoms with E-state index in [1.54, 1.807) is 6.92 Å². The molecule has 1 aromatic heterocycles. The number of hydrogen-bond donors (Lipinski definition) is 0. The lowest BCUT2D eigenvalue weighted by molar-refractivity contribution is 0.0988. The van der Waals surface area contributed by atoms with Gasteiger partial charge < -0.3 is 4.42 Å². The van der Waals surface area contributed by atoms with Crippen LogP contribution in [-0.2, 0) is 20.6 Å². The summed E-state index contributed by atoms with van der Waals surface area (Å²) in [4.78, 5) is 13.6. The minimum atomic E-state index is -3.67. The van der Waals surface area contributed by atoms with Gasteiger partial charge in [0.25, 0.3) is 5.91 Å². The molecule has 1 aromatic carbocycles. The van der Waals surface area contributed by atoms with Crippen LogP contribution in [0.15, 0.2) is 26.3 Å². The molecule has 1 heterocycles. The van der Waals surface area contributed by atoms with Crippen LogP contribution in [0.25, 0.3) is 0 Å². The Kier molecular flexibility index (Phi) is 6.20. The van der Waals surface area contributed by atoms with Gasteiger partial charge in [0.05, 0.1) is 31.2 Å². The number of carbonyl (C=O) groups excluding carboxylic acids is 1. The average Bonchev–Trinajstić information content (AvgIpc) is 2.98. The van der Waals surface area contributed by atoms with Gasteiger partial charge in [-0.05, 0) is 18.6 Å². The van der Waals surface area contributed by atoms with Crippen molar-refractivity contribution in [1.29, 1.82) is 0 Å². The third-order valence-electron chi connectivity index (χ3n) is 3.41. The Morgan fingerprint density at radius 1 is 1.35 bits per heavy atom. The molecule has 0 saturated heterocycles. The molecule has 26 heavy (non-hydrogen) atoms. The van der Waals surface area contributed by atoms with Gasteiger partial charge in [0.2, 0.25) is 5.89 Å². The van der Waals surface area contributed by atoms with Gasteiger partial charge in [-0.15, -0.1) is 5.10 Å². The third-order valence-corrected chi connectivity index (χ3v) is 6.85. The molecule has 8 nitrogen and oxygen atoms in total. The predicted molar refractivity (Wildman–Crippen MR) is 97.9 cm³/mol. The Bertz CT molecular complexity index is 972. The van der Waals surface area contributed by atoms with E-state index in [9.17, 15) is 17.4 Å². The van der Waals surface area contributed by atoms with Crippen molar-refractivity contribution in [3.8, 4) is 0 Å². The fourth-order valence-electron chi connectivity index (χ4n) is 2.18. The zero-order valence-electron chi connectivity index (χ0n) is 14.6. The minimum Gasteiger partial charge on any atom is -0.408 e. The molecule has 1 amide bonds. The molecule has 0 fully saturated rings. The molecule has 1 atom stereocenters. The fourth-order valence-corrected chi connectivity index (χ4v) is 5.41. The summed E-state index contributed by atoms with van der Waals surface area (Å²) in [7, 11) is -3.93. The highest BCUT2D eigenvalue weighted by molar-refractivity contribution is 7.92. The number of carbonyl (C=O) groups is 1. The van der Waals surface area contributed by atoms with Gasteiger partial charge in [0.15, 0.2) is 9.84 Å². The summed E-state index contributed by atoms with van der Waals surface area (Å²) in [6.07, 6.45) is 1.56. The van der Waals surface area contributed by atoms with Crippen LogP contribution in [-0.4, -0.2) is 47.8 Å². The molecule has 2 aromatic rings. The molecule has 142 valence electrons. The number of nitrogens with zero attached hydrogens (tertiary/aromatic N) is 3. The minimum absolute atomic E-state index is 0.00290. The molecule has 0 radical (unpaired) electrons. The lowest BCUT2D eigenvalue weighted by Crippen LogP contribution is -2.27. The van der Waals surface area contributed by atoms with Gasteiger partial charge in [-0.1, -0.05) is 23.6 Å². The SMILES string of the molecule is CCCS(=O)c1c(S(C)(=O)=O)ccc(C(=O)N(C)c2nnc(C)o2)c1Cl. The smallest absolute Gasteiger partial charge is 0.324 e. The van der Waals surface area contributed by atoms with Crippen LogP contribution >= 0.6 is 11.6 Å². The van der Waals surface area contributed by atoms with Gasteiger partial charge in [-0.25, -0.2) is 8.42 Å². The number of aromatic nitrogens is 2. The predicted octanol–water partition coefficient (Wildman–Crippen LogP) is 2.23. The molecule has 0 bridgehead atoms. The van der Waals surface area contributed by atoms with Crippen molar-refractivity contribution in [2.45, 2.75) is 30.1 Å². The summed E-state index contributed by atoms with van der Waals surface area (Å²) in [5, 5.41) is 7.25. The lowest BCUT2D eigenvalue weighted by Gasteiger charge is -2.16. The zero-order chi connectivity index (χ0) is 19.6. The first kappa shape index (κ1) is 20.5. The summed E-state index contributed by atoms with van der Waals surface area (Å²) in [5.74, 6) is -0.0881. The normalized spacial score (nSPS) is 12.8. The van der Waals surface area contributed by atoms with Crippen molar-refractivity contribution >= 4 is 44.2 Å². The van der Waals surface area contributed by atoms with Crippen molar-refractivity contribution in [3.05, 3.63) is 28.6 Å². The van der Waals surface area contributed by atoms with Crippen LogP contribution < -0.4 is 4.90 Å². The topological polar surface area (TPSA) is 110 Å². The maximum absolute atomic E-state index is 12.7. The van der Waals surface area contributed by atoms with Crippen LogP contribution in [0.1, 0.15) is 29.6 Å². The molecule has 1 unspecified atom stereocenters. The van der Waals surface area contributed by atoms with Crippen LogP contribution in [0.3, 0.4) is 0 Å². The van der Waals surface area contributed by atoms with Gasteiger partial charge in [-0.3, -0.25) is 13.9 Å². The van der Waals surface area contributed by atoms with Crippen LogP contribution in [0.5, 0.6) is 0 Å². The molecule has 0 aliphatic heterocycles. The first-order valence-corrected chi connectivity index (χ1v) is 11.2. The second kappa shape index (κ2) is 7.85. The maximum atomic E-state index is 12.7. The average molecular weight is 420 g/mol. The van der Waals surface area contributed by atoms with Gasteiger partial charge >= 0.3 is 6.01 Å². The number of anilines is 1. The van der Waals surface area contributed by atoms with Crippen LogP contribution in [0.4, 0.5) is 6.01 Å². The van der Waals surface area contributed by atoms with E-state index in [1.807, 2.05) is 6.92 Å². The summed E-state index contributed by atoms with van der Waals surface area (Å²) in [6.45, 7) is 3.39. The van der Waals surface area contributed by atoms with E-state index < -0.39 is 26.5 Å². The molecule has 0 N–H and O–H groups in total. The van der Waals surface area contributed by atoms with Crippen LogP contribution in [0.2, 0.25) is 5.02 Å². The molecule has 11 heteroatoms. The Labute approximate surface area is 158 Å². The highest BCUT2D eigenvalue weighted by Gasteiger charge is 2.28. The van der Waals surface area contributed by atoms with Gasteiger partial charge in [0.1, 0.15) is 0 Å². The maximum Gasteiger partial charge on any atom is 0.324 e. The Morgan fingerprint density at radius 3 is 2.50 bits per heavy atom. The molecule has 2 rings (SSSR count). The number of aryl methyl sites for hydroxylation is 1. The first-order chi connectivity index (χ1) is 12.1. The summed E-state index contributed by atoms with van der Waals surface area (Å²) >= 11 is 6.31. The van der Waals surface area contributed by atoms with E-state index in [0.29, 0.717) is 6.42 Å². The van der Waals surface area contributed by atoms with Crippen molar-refractivity contribution < 1.29 is 21.8 Å². The number of hydrogen-bond acceptors (Lipinski definition) is 7. The number of sulfone groups is 1. The highest BCUT2D eigenvalue weighted by atomic mass is 35.5. The van der Waals surface area contributed by atoms with E-state index >= 15 is 0 Å². The summed E-state index contributed by atoms with van der Waals surface area (Å²) in [6, 6.07) is 2.49. The van der Waals surface area contributed by atoms with E-state index in [-0.39, 0.29) is 38.0 Å². The van der Waals surface area contributed by atoms with Crippen LogP contribution in [0, 0.1) is 6.92 Å². The Balaban J connectivity index is 2.58. The van der Waals surface area contributed by atoms with E-state index in [2.05, 4.69) is 10.2 Å². The second-order valence-electron chi connectivity index (χ2n) is 5.54. The van der Waals surface area contributed by atoms with Crippen molar-refractivity contribution in [1.82, 2.24) is 10.2 Å². The number of amides is 1. The number of benzene rings is 1. The number of halogens is 1. The number of rotatable bonds is 6. The second-order valence-corrected chi connectivity index (χ2v) is 9.41. The van der Waals surface area contributed by atoms with E-state index in [1.165, 1.54) is 19.2 Å². The molecule has 0 saturated carbocycles. The van der Waals surface area contributed by atoms with Crippen molar-refractivity contribution in [3.63, 3.8) is 0 Å². The van der Waals surface area contributed by atoms with E-state index in [4.69, 9.17) is 16.0 Å². The standard InChI is InChI=1S/C15H18ClN3O5S2/c1-5-8-25(21)13-11(26(4,22)23)7-6-10(12(13)16)14(20)19(3)15-18-17-9(2)24-15/h6-7H,5,8H2,1-4H3. The zero-order valence-corrected chi connectivity index (χ0v) is 17.0. The highest BCUT2D eigenvalue weighted by Crippen LogP contribution is 2.32. The van der Waals surface area contributed by atoms with E-state index in [0.717, 1.165) is 11.2 Å². The molecule has 0 aliphatic carbocycles. The van der Waals surface area contributed by atoms with Crippen molar-refractivity contribution in [2.75, 3.05) is 24.0 Å². The molecule has 0 spiro atoms. The largest absolute Gasteiger partial charge is 0.408 e. The quantitative estimate of drug-likeness (QED) is 0.705. The van der Waals surface area contributed by atoms with Gasteiger partial charge in [-0.2, -0.15) is 0 Å². The van der Waals surface area contributed by atoms with Gasteiger partial charge in [0, 0.05) is 26.0 Å². The molecular formula is C15H18ClN3O5S2. The lowest BCUT2D eigenvalue weighted by atomic mass is 10.2. The van der Waals surface area contributed by atoms with Crippen molar-refractivity contribution in [2.24, 2.45) is 0 Å². The summed E-state index contributed by atoms with van der Waals surface area (Å²) < 4.78 is 41.8. The third kappa shape index (κ3) is 4.13. The summed E-state index contributed by atoms with van der Waals surface area (Å²) in [5.41, 5.74) is -0.00290. The Morgan fingerprint density at radius 2 is 2.00 bits per heavy atom. The molecule has 0 aliphatic rings. The fraction of sp³-hybridized carbons (Fsp3) is 0.400. The molecular weight excluding hydrogens is 402 g/mol. The first-order valence-electron chi connectivity index (χ1n) is 7.57. The Hall–Kier alpha value is -1.78.